The average molecular weight is 266 g/mol. The average Bonchev–Trinajstić information content (AvgIpc) is 2.48. The van der Waals surface area contributed by atoms with Crippen LogP contribution in [0.25, 0.3) is 0 Å². The summed E-state index contributed by atoms with van der Waals surface area (Å²) in [6.45, 7) is 5.35. The van der Waals surface area contributed by atoms with Crippen molar-refractivity contribution in [2.75, 3.05) is 19.1 Å². The molecule has 0 aliphatic carbocycles. The number of nitrogens with two attached hydrogens (primary N) is 1. The van der Waals surface area contributed by atoms with Gasteiger partial charge in [-0.3, -0.25) is 0 Å². The first-order valence-corrected chi connectivity index (χ1v) is 6.70. The summed E-state index contributed by atoms with van der Waals surface area (Å²) in [6.07, 6.45) is 2.42. The Morgan fingerprint density at radius 1 is 1.37 bits per heavy atom. The first-order valence-electron chi connectivity index (χ1n) is 6.70. The van der Waals surface area contributed by atoms with Crippen LogP contribution in [0.4, 0.5) is 5.82 Å². The van der Waals surface area contributed by atoms with E-state index in [0.717, 1.165) is 30.5 Å². The van der Waals surface area contributed by atoms with Crippen molar-refractivity contribution in [1.29, 1.82) is 0 Å². The molecule has 1 aromatic rings. The highest BCUT2D eigenvalue weighted by Gasteiger charge is 2.33. The molecule has 0 spiro atoms. The van der Waals surface area contributed by atoms with E-state index in [2.05, 4.69) is 24.3 Å². The summed E-state index contributed by atoms with van der Waals surface area (Å²) in [5.74, 6) is 6.92. The van der Waals surface area contributed by atoms with Crippen molar-refractivity contribution in [1.82, 2.24) is 9.97 Å². The third kappa shape index (κ3) is 2.43. The Morgan fingerprint density at radius 3 is 2.68 bits per heavy atom. The molecule has 1 aliphatic rings. The zero-order chi connectivity index (χ0) is 13.9. The van der Waals surface area contributed by atoms with E-state index >= 15 is 0 Å². The number of fused-ring (bicyclic) bond motifs is 1. The van der Waals surface area contributed by atoms with Gasteiger partial charge in [-0.05, 0) is 12.8 Å². The summed E-state index contributed by atoms with van der Waals surface area (Å²) in [5.41, 5.74) is 4.17. The van der Waals surface area contributed by atoms with Gasteiger partial charge in [0.1, 0.15) is 11.4 Å². The predicted molar refractivity (Wildman–Crippen MR) is 72.5 cm³/mol. The largest absolute Gasteiger partial charge is 0.376 e. The van der Waals surface area contributed by atoms with Crippen LogP contribution in [0.5, 0.6) is 0 Å². The number of hydrogen-bond acceptors (Lipinski definition) is 6. The van der Waals surface area contributed by atoms with Gasteiger partial charge in [-0.1, -0.05) is 13.8 Å². The van der Waals surface area contributed by atoms with E-state index in [0.29, 0.717) is 24.9 Å². The fraction of sp³-hybridized carbons (Fsp3) is 0.692. The number of nitrogens with zero attached hydrogens (tertiary/aromatic N) is 2. The van der Waals surface area contributed by atoms with Crippen molar-refractivity contribution >= 4 is 5.82 Å². The summed E-state index contributed by atoms with van der Waals surface area (Å²) in [5, 5.41) is 0. The van der Waals surface area contributed by atoms with Crippen molar-refractivity contribution < 1.29 is 9.47 Å². The van der Waals surface area contributed by atoms with Crippen molar-refractivity contribution in [2.45, 2.75) is 45.3 Å². The monoisotopic (exact) mass is 266 g/mol. The zero-order valence-electron chi connectivity index (χ0n) is 11.8. The van der Waals surface area contributed by atoms with E-state index < -0.39 is 5.60 Å². The number of nitrogen functional groups attached to an aromatic ring is 1. The maximum atomic E-state index is 5.69. The molecule has 0 aromatic carbocycles. The highest BCUT2D eigenvalue weighted by atomic mass is 16.5. The van der Waals surface area contributed by atoms with Gasteiger partial charge >= 0.3 is 0 Å². The lowest BCUT2D eigenvalue weighted by molar-refractivity contribution is -0.0295. The molecule has 0 unspecified atom stereocenters. The number of rotatable bonds is 5. The molecule has 3 N–H and O–H groups in total. The van der Waals surface area contributed by atoms with Crippen LogP contribution in [0.1, 0.15) is 43.8 Å². The number of methoxy groups -OCH3 is 1. The van der Waals surface area contributed by atoms with E-state index in [1.54, 1.807) is 7.11 Å². The lowest BCUT2D eigenvalue weighted by Gasteiger charge is -2.30. The Kier molecular flexibility index (Phi) is 4.34. The lowest BCUT2D eigenvalue weighted by Crippen LogP contribution is -2.32. The van der Waals surface area contributed by atoms with Gasteiger partial charge in [-0.15, -0.1) is 0 Å². The Balaban J connectivity index is 2.52. The second-order valence-corrected chi connectivity index (χ2v) is 4.67. The van der Waals surface area contributed by atoms with Crippen LogP contribution < -0.4 is 11.3 Å². The third-order valence-electron chi connectivity index (χ3n) is 3.90. The number of aromatic nitrogens is 2. The zero-order valence-corrected chi connectivity index (χ0v) is 11.8. The number of ether oxygens (including phenoxy) is 2. The fourth-order valence-electron chi connectivity index (χ4n) is 2.50. The predicted octanol–water partition coefficient (Wildman–Crippen LogP) is 1.50. The van der Waals surface area contributed by atoms with Gasteiger partial charge in [0.25, 0.3) is 0 Å². The number of nitrogens with one attached hydrogen (secondary N) is 1. The smallest absolute Gasteiger partial charge is 0.162 e. The van der Waals surface area contributed by atoms with Crippen LogP contribution in [-0.2, 0) is 28.1 Å². The normalized spacial score (nSPS) is 15.2. The van der Waals surface area contributed by atoms with Crippen LogP contribution in [0.3, 0.4) is 0 Å². The second-order valence-electron chi connectivity index (χ2n) is 4.67. The second kappa shape index (κ2) is 5.81. The van der Waals surface area contributed by atoms with Gasteiger partial charge in [0.15, 0.2) is 5.82 Å². The van der Waals surface area contributed by atoms with Crippen LogP contribution >= 0.6 is 0 Å². The first-order chi connectivity index (χ1) is 9.20. The molecular weight excluding hydrogens is 244 g/mol. The minimum atomic E-state index is -0.446. The first kappa shape index (κ1) is 14.2. The van der Waals surface area contributed by atoms with Crippen LogP contribution in [-0.4, -0.2) is 23.7 Å². The maximum absolute atomic E-state index is 5.69. The molecule has 0 saturated carbocycles. The van der Waals surface area contributed by atoms with Gasteiger partial charge in [-0.2, -0.15) is 0 Å². The summed E-state index contributed by atoms with van der Waals surface area (Å²) in [6, 6.07) is 0. The summed E-state index contributed by atoms with van der Waals surface area (Å²) >= 11 is 0. The standard InChI is InChI=1S/C13H22N4O2/c1-4-13(5-2,18-3)12-15-10-6-7-19-8-9(10)11(16-12)17-14/h4-8,14H2,1-3H3,(H,15,16,17). The molecule has 2 rings (SSSR count). The molecule has 0 atom stereocenters. The fourth-order valence-corrected chi connectivity index (χ4v) is 2.50. The molecule has 1 aromatic heterocycles. The number of hydrogen-bond donors (Lipinski definition) is 2. The van der Waals surface area contributed by atoms with Gasteiger partial charge in [-0.25, -0.2) is 15.8 Å². The SMILES string of the molecule is CCC(CC)(OC)c1nc2c(c(NN)n1)COCC2. The molecule has 0 fully saturated rings. The van der Waals surface area contributed by atoms with Gasteiger partial charge < -0.3 is 14.9 Å². The summed E-state index contributed by atoms with van der Waals surface area (Å²) in [4.78, 5) is 9.23. The maximum Gasteiger partial charge on any atom is 0.162 e. The molecule has 0 amide bonds. The molecule has 0 radical (unpaired) electrons. The molecule has 19 heavy (non-hydrogen) atoms. The van der Waals surface area contributed by atoms with Gasteiger partial charge in [0.05, 0.1) is 18.9 Å². The Morgan fingerprint density at radius 2 is 2.11 bits per heavy atom. The molecular formula is C13H22N4O2. The Labute approximate surface area is 113 Å². The van der Waals surface area contributed by atoms with E-state index in [9.17, 15) is 0 Å². The highest BCUT2D eigenvalue weighted by molar-refractivity contribution is 5.46. The van der Waals surface area contributed by atoms with Crippen molar-refractivity contribution in [3.8, 4) is 0 Å². The van der Waals surface area contributed by atoms with Gasteiger partial charge in [0, 0.05) is 19.1 Å². The van der Waals surface area contributed by atoms with Gasteiger partial charge in [0.2, 0.25) is 0 Å². The molecule has 106 valence electrons. The highest BCUT2D eigenvalue weighted by Crippen LogP contribution is 2.32. The van der Waals surface area contributed by atoms with E-state index in [4.69, 9.17) is 20.3 Å². The van der Waals surface area contributed by atoms with E-state index in [1.165, 1.54) is 0 Å². The third-order valence-corrected chi connectivity index (χ3v) is 3.90. The molecule has 0 bridgehead atoms. The van der Waals surface area contributed by atoms with Crippen LogP contribution in [0.15, 0.2) is 0 Å². The molecule has 1 aliphatic heterocycles. The topological polar surface area (TPSA) is 82.3 Å². The summed E-state index contributed by atoms with van der Waals surface area (Å²) < 4.78 is 11.1. The van der Waals surface area contributed by atoms with Crippen molar-refractivity contribution in [3.63, 3.8) is 0 Å². The van der Waals surface area contributed by atoms with Crippen LogP contribution in [0, 0.1) is 0 Å². The molecule has 2 heterocycles. The summed E-state index contributed by atoms with van der Waals surface area (Å²) in [7, 11) is 1.70. The Bertz CT molecular complexity index is 421. The molecule has 6 heteroatoms. The molecule has 0 saturated heterocycles. The number of anilines is 1. The van der Waals surface area contributed by atoms with Crippen molar-refractivity contribution in [2.24, 2.45) is 5.84 Å². The quantitative estimate of drug-likeness (QED) is 0.621. The lowest BCUT2D eigenvalue weighted by atomic mass is 9.95. The van der Waals surface area contributed by atoms with Crippen molar-refractivity contribution in [3.05, 3.63) is 17.1 Å². The van der Waals surface area contributed by atoms with E-state index in [-0.39, 0.29) is 0 Å². The Hall–Kier alpha value is -1.24. The minimum Gasteiger partial charge on any atom is -0.376 e. The minimum absolute atomic E-state index is 0.446. The van der Waals surface area contributed by atoms with E-state index in [1.807, 2.05) is 0 Å². The molecule has 6 nitrogen and oxygen atoms in total. The van der Waals surface area contributed by atoms with Crippen LogP contribution in [0.2, 0.25) is 0 Å². The number of hydrazine groups is 1.